The van der Waals surface area contributed by atoms with Gasteiger partial charge in [-0.25, -0.2) is 0 Å². The van der Waals surface area contributed by atoms with Crippen LogP contribution in [-0.4, -0.2) is 44.6 Å². The Morgan fingerprint density at radius 2 is 2.00 bits per heavy atom. The SMILES string of the molecule is CNCCC1CCN(C(=O)CC(C)c2ccccc2OC)CC1.Cl. The van der Waals surface area contributed by atoms with Gasteiger partial charge in [-0.05, 0) is 56.3 Å². The Balaban J connectivity index is 0.00000288. The Labute approximate surface area is 152 Å². The van der Waals surface area contributed by atoms with Crippen LogP contribution in [0.1, 0.15) is 44.1 Å². The third-order valence-corrected chi connectivity index (χ3v) is 4.92. The van der Waals surface area contributed by atoms with Crippen molar-refractivity contribution in [2.45, 2.75) is 38.5 Å². The molecule has 0 radical (unpaired) electrons. The predicted octanol–water partition coefficient (Wildman–Crippen LogP) is 3.46. The summed E-state index contributed by atoms with van der Waals surface area (Å²) in [5, 5.41) is 3.21. The van der Waals surface area contributed by atoms with Crippen molar-refractivity contribution in [1.29, 1.82) is 0 Å². The van der Waals surface area contributed by atoms with Crippen LogP contribution in [0.5, 0.6) is 5.75 Å². The number of rotatable bonds is 7. The van der Waals surface area contributed by atoms with Crippen molar-refractivity contribution >= 4 is 18.3 Å². The fourth-order valence-electron chi connectivity index (χ4n) is 3.39. The zero-order valence-corrected chi connectivity index (χ0v) is 15.9. The van der Waals surface area contributed by atoms with Crippen LogP contribution < -0.4 is 10.1 Å². The number of piperidine rings is 1. The number of ether oxygens (including phenoxy) is 1. The van der Waals surface area contributed by atoms with Crippen molar-refractivity contribution in [2.24, 2.45) is 5.92 Å². The smallest absolute Gasteiger partial charge is 0.223 e. The quantitative estimate of drug-likeness (QED) is 0.815. The molecule has 1 aliphatic heterocycles. The number of nitrogens with zero attached hydrogens (tertiary/aromatic N) is 1. The van der Waals surface area contributed by atoms with E-state index in [0.717, 1.165) is 49.7 Å². The molecule has 1 atom stereocenters. The first-order chi connectivity index (χ1) is 11.2. The maximum Gasteiger partial charge on any atom is 0.223 e. The van der Waals surface area contributed by atoms with Gasteiger partial charge in [0.2, 0.25) is 5.91 Å². The van der Waals surface area contributed by atoms with Crippen molar-refractivity contribution in [3.05, 3.63) is 29.8 Å². The average molecular weight is 355 g/mol. The zero-order valence-electron chi connectivity index (χ0n) is 15.1. The second kappa shape index (κ2) is 10.6. The van der Waals surface area contributed by atoms with Crippen molar-refractivity contribution in [1.82, 2.24) is 10.2 Å². The summed E-state index contributed by atoms with van der Waals surface area (Å²) >= 11 is 0. The predicted molar refractivity (Wildman–Crippen MR) is 101 cm³/mol. The van der Waals surface area contributed by atoms with E-state index in [1.165, 1.54) is 6.42 Å². The number of hydrogen-bond donors (Lipinski definition) is 1. The summed E-state index contributed by atoms with van der Waals surface area (Å²) in [5.74, 6) is 2.09. The number of amides is 1. The van der Waals surface area contributed by atoms with Gasteiger partial charge in [0.25, 0.3) is 0 Å². The minimum Gasteiger partial charge on any atom is -0.496 e. The highest BCUT2D eigenvalue weighted by atomic mass is 35.5. The largest absolute Gasteiger partial charge is 0.496 e. The molecule has 136 valence electrons. The second-order valence-electron chi connectivity index (χ2n) is 6.56. The van der Waals surface area contributed by atoms with E-state index in [9.17, 15) is 4.79 Å². The molecule has 0 aromatic heterocycles. The van der Waals surface area contributed by atoms with Gasteiger partial charge in [-0.2, -0.15) is 0 Å². The Morgan fingerprint density at radius 1 is 1.33 bits per heavy atom. The standard InChI is InChI=1S/C19H30N2O2.ClH/c1-15(17-6-4-5-7-18(17)23-3)14-19(22)21-12-9-16(10-13-21)8-11-20-2;/h4-7,15-16,20H,8-14H2,1-3H3;1H. The van der Waals surface area contributed by atoms with Gasteiger partial charge in [0.05, 0.1) is 7.11 Å². The molecule has 1 unspecified atom stereocenters. The molecule has 0 saturated carbocycles. The highest BCUT2D eigenvalue weighted by molar-refractivity contribution is 5.85. The molecule has 24 heavy (non-hydrogen) atoms. The van der Waals surface area contributed by atoms with Crippen LogP contribution in [0.2, 0.25) is 0 Å². The number of methoxy groups -OCH3 is 1. The Bertz CT molecular complexity index is 502. The van der Waals surface area contributed by atoms with Crippen LogP contribution >= 0.6 is 12.4 Å². The lowest BCUT2D eigenvalue weighted by Crippen LogP contribution is -2.39. The van der Waals surface area contributed by atoms with E-state index < -0.39 is 0 Å². The van der Waals surface area contributed by atoms with Gasteiger partial charge < -0.3 is 15.0 Å². The van der Waals surface area contributed by atoms with Crippen LogP contribution in [-0.2, 0) is 4.79 Å². The molecule has 5 heteroatoms. The highest BCUT2D eigenvalue weighted by Crippen LogP contribution is 2.29. The van der Waals surface area contributed by atoms with Crippen molar-refractivity contribution in [2.75, 3.05) is 33.8 Å². The molecule has 1 heterocycles. The molecule has 2 rings (SSSR count). The Kier molecular flexibility index (Phi) is 9.16. The second-order valence-corrected chi connectivity index (χ2v) is 6.56. The summed E-state index contributed by atoms with van der Waals surface area (Å²) in [6.45, 7) is 5.00. The van der Waals surface area contributed by atoms with E-state index >= 15 is 0 Å². The minimum atomic E-state index is 0. The fourth-order valence-corrected chi connectivity index (χ4v) is 3.39. The average Bonchev–Trinajstić information content (AvgIpc) is 2.60. The number of hydrogen-bond acceptors (Lipinski definition) is 3. The van der Waals surface area contributed by atoms with Crippen molar-refractivity contribution in [3.63, 3.8) is 0 Å². The minimum absolute atomic E-state index is 0. The maximum absolute atomic E-state index is 12.6. The topological polar surface area (TPSA) is 41.6 Å². The van der Waals surface area contributed by atoms with E-state index in [0.29, 0.717) is 6.42 Å². The van der Waals surface area contributed by atoms with Crippen LogP contribution in [0, 0.1) is 5.92 Å². The van der Waals surface area contributed by atoms with Crippen molar-refractivity contribution in [3.8, 4) is 5.75 Å². The zero-order chi connectivity index (χ0) is 16.7. The molecular weight excluding hydrogens is 324 g/mol. The third-order valence-electron chi connectivity index (χ3n) is 4.92. The van der Waals surface area contributed by atoms with Gasteiger partial charge in [0.1, 0.15) is 5.75 Å². The third kappa shape index (κ3) is 5.67. The summed E-state index contributed by atoms with van der Waals surface area (Å²) in [6.07, 6.45) is 4.05. The molecular formula is C19H31ClN2O2. The normalized spacial score (nSPS) is 16.4. The Hall–Kier alpha value is -1.26. The van der Waals surface area contributed by atoms with Gasteiger partial charge >= 0.3 is 0 Å². The first-order valence-corrected chi connectivity index (χ1v) is 8.71. The van der Waals surface area contributed by atoms with E-state index in [4.69, 9.17) is 4.74 Å². The summed E-state index contributed by atoms with van der Waals surface area (Å²) in [7, 11) is 3.68. The van der Waals surface area contributed by atoms with Gasteiger partial charge in [-0.3, -0.25) is 4.79 Å². The molecule has 1 N–H and O–H groups in total. The van der Waals surface area contributed by atoms with E-state index in [-0.39, 0.29) is 24.2 Å². The lowest BCUT2D eigenvalue weighted by molar-refractivity contribution is -0.132. The number of carbonyl (C=O) groups excluding carboxylic acids is 1. The van der Waals surface area contributed by atoms with Crippen LogP contribution in [0.4, 0.5) is 0 Å². The van der Waals surface area contributed by atoms with E-state index in [2.05, 4.69) is 18.3 Å². The number of halogens is 1. The lowest BCUT2D eigenvalue weighted by atomic mass is 9.92. The summed E-state index contributed by atoms with van der Waals surface area (Å²) < 4.78 is 5.41. The summed E-state index contributed by atoms with van der Waals surface area (Å²) in [4.78, 5) is 14.6. The monoisotopic (exact) mass is 354 g/mol. The van der Waals surface area contributed by atoms with Crippen molar-refractivity contribution < 1.29 is 9.53 Å². The summed E-state index contributed by atoms with van der Waals surface area (Å²) in [6, 6.07) is 7.99. The maximum atomic E-state index is 12.6. The molecule has 1 amide bonds. The number of nitrogens with one attached hydrogen (secondary N) is 1. The van der Waals surface area contributed by atoms with Crippen LogP contribution in [0.25, 0.3) is 0 Å². The summed E-state index contributed by atoms with van der Waals surface area (Å²) in [5.41, 5.74) is 1.12. The van der Waals surface area contributed by atoms with E-state index in [1.807, 2.05) is 30.1 Å². The molecule has 1 aromatic carbocycles. The van der Waals surface area contributed by atoms with Gasteiger partial charge in [0.15, 0.2) is 0 Å². The fraction of sp³-hybridized carbons (Fsp3) is 0.632. The first-order valence-electron chi connectivity index (χ1n) is 8.71. The molecule has 4 nitrogen and oxygen atoms in total. The molecule has 1 fully saturated rings. The molecule has 1 saturated heterocycles. The van der Waals surface area contributed by atoms with Gasteiger partial charge in [0, 0.05) is 19.5 Å². The lowest BCUT2D eigenvalue weighted by Gasteiger charge is -2.32. The van der Waals surface area contributed by atoms with Crippen LogP contribution in [0.15, 0.2) is 24.3 Å². The molecule has 0 spiro atoms. The molecule has 1 aliphatic rings. The van der Waals surface area contributed by atoms with Crippen LogP contribution in [0.3, 0.4) is 0 Å². The number of likely N-dealkylation sites (tertiary alicyclic amines) is 1. The molecule has 1 aromatic rings. The highest BCUT2D eigenvalue weighted by Gasteiger charge is 2.24. The van der Waals surface area contributed by atoms with Gasteiger partial charge in [-0.15, -0.1) is 12.4 Å². The number of para-hydroxylation sites is 1. The molecule has 0 bridgehead atoms. The Morgan fingerprint density at radius 3 is 2.62 bits per heavy atom. The number of carbonyl (C=O) groups is 1. The number of benzene rings is 1. The first kappa shape index (κ1) is 20.8. The van der Waals surface area contributed by atoms with Gasteiger partial charge in [-0.1, -0.05) is 25.1 Å². The molecule has 0 aliphatic carbocycles. The van der Waals surface area contributed by atoms with E-state index in [1.54, 1.807) is 7.11 Å².